The highest BCUT2D eigenvalue weighted by molar-refractivity contribution is 5.89. The maximum absolute atomic E-state index is 13.8. The number of methoxy groups -OCH3 is 2. The number of hydrogen-bond acceptors (Lipinski definition) is 7. The number of benzene rings is 3. The molecule has 0 aliphatic carbocycles. The summed E-state index contributed by atoms with van der Waals surface area (Å²) in [7, 11) is 2.96. The zero-order chi connectivity index (χ0) is 24.8. The van der Waals surface area contributed by atoms with E-state index in [1.54, 1.807) is 36.1 Å². The second kappa shape index (κ2) is 8.53. The van der Waals surface area contributed by atoms with Gasteiger partial charge in [-0.25, -0.2) is 13.9 Å². The Labute approximate surface area is 206 Å². The summed E-state index contributed by atoms with van der Waals surface area (Å²) in [5.74, 6) is 1.15. The van der Waals surface area contributed by atoms with Gasteiger partial charge < -0.3 is 19.5 Å². The number of nitrogens with zero attached hydrogens (tertiary/aromatic N) is 3. The van der Waals surface area contributed by atoms with Crippen molar-refractivity contribution in [3.63, 3.8) is 0 Å². The lowest BCUT2D eigenvalue weighted by Gasteiger charge is -2.39. The minimum Gasteiger partial charge on any atom is -0.497 e. The summed E-state index contributed by atoms with van der Waals surface area (Å²) >= 11 is 0. The maximum Gasteiger partial charge on any atom is 0.337 e. The van der Waals surface area contributed by atoms with Crippen LogP contribution in [0.15, 0.2) is 78.6 Å². The van der Waals surface area contributed by atoms with Gasteiger partial charge in [-0.3, -0.25) is 0 Å². The number of esters is 1. The van der Waals surface area contributed by atoms with Gasteiger partial charge in [0.2, 0.25) is 5.95 Å². The summed E-state index contributed by atoms with van der Waals surface area (Å²) in [6, 6.07) is 18.6. The fourth-order valence-corrected chi connectivity index (χ4v) is 4.73. The molecule has 2 aliphatic heterocycles. The zero-order valence-electron chi connectivity index (χ0n) is 19.4. The molecule has 6 rings (SSSR count). The minimum absolute atomic E-state index is 0.328. The molecule has 36 heavy (non-hydrogen) atoms. The summed E-state index contributed by atoms with van der Waals surface area (Å²) < 4.78 is 32.5. The molecule has 1 N–H and O–H groups in total. The molecule has 1 aromatic heterocycles. The molecule has 2 atom stereocenters. The molecule has 8 nitrogen and oxygen atoms in total. The molecular weight excluding hydrogens is 463 g/mol. The van der Waals surface area contributed by atoms with Crippen molar-refractivity contribution in [2.75, 3.05) is 19.5 Å². The second-order valence-electron chi connectivity index (χ2n) is 8.41. The van der Waals surface area contributed by atoms with E-state index in [1.807, 2.05) is 30.3 Å². The normalized spacial score (nSPS) is 17.8. The number of hydrogen-bond donors (Lipinski definition) is 1. The lowest BCUT2D eigenvalue weighted by atomic mass is 9.84. The molecule has 180 valence electrons. The number of nitrogens with one attached hydrogen (secondary N) is 1. The smallest absolute Gasteiger partial charge is 0.337 e. The first-order valence-corrected chi connectivity index (χ1v) is 11.3. The van der Waals surface area contributed by atoms with Crippen LogP contribution in [0.3, 0.4) is 0 Å². The molecule has 0 saturated heterocycles. The molecule has 4 aromatic rings. The van der Waals surface area contributed by atoms with Crippen molar-refractivity contribution >= 4 is 17.6 Å². The van der Waals surface area contributed by atoms with Crippen LogP contribution in [0.1, 0.15) is 39.2 Å². The van der Waals surface area contributed by atoms with E-state index in [1.165, 1.54) is 25.6 Å². The average Bonchev–Trinajstić information content (AvgIpc) is 3.40. The third-order valence-electron chi connectivity index (χ3n) is 6.44. The Bertz CT molecular complexity index is 1500. The Hall–Kier alpha value is -4.66. The summed E-state index contributed by atoms with van der Waals surface area (Å²) in [6.07, 6.45) is 0.942. The number of aromatic nitrogens is 3. The van der Waals surface area contributed by atoms with Crippen LogP contribution >= 0.6 is 0 Å². The molecule has 3 aromatic carbocycles. The van der Waals surface area contributed by atoms with E-state index < -0.39 is 18.1 Å². The van der Waals surface area contributed by atoms with Gasteiger partial charge in [-0.05, 0) is 53.6 Å². The fourth-order valence-electron chi connectivity index (χ4n) is 4.73. The molecule has 2 aliphatic rings. The molecule has 0 saturated carbocycles. The van der Waals surface area contributed by atoms with Gasteiger partial charge in [0.25, 0.3) is 0 Å². The third-order valence-corrected chi connectivity index (χ3v) is 6.44. The largest absolute Gasteiger partial charge is 0.497 e. The SMILES string of the molecule is COC(=O)c1ccc([C@H]2Oc3ccc(OC)cc3C3=C2[C@@H](c2ccc(F)cc2)n2ncnc2N3)cc1. The van der Waals surface area contributed by atoms with Gasteiger partial charge >= 0.3 is 5.97 Å². The van der Waals surface area contributed by atoms with Crippen molar-refractivity contribution < 1.29 is 23.4 Å². The van der Waals surface area contributed by atoms with E-state index in [0.29, 0.717) is 23.0 Å². The highest BCUT2D eigenvalue weighted by atomic mass is 19.1. The summed E-state index contributed by atoms with van der Waals surface area (Å²) in [4.78, 5) is 16.4. The molecule has 3 heterocycles. The highest BCUT2D eigenvalue weighted by Crippen LogP contribution is 2.51. The van der Waals surface area contributed by atoms with E-state index in [-0.39, 0.29) is 5.82 Å². The first-order chi connectivity index (χ1) is 17.6. The minimum atomic E-state index is -0.535. The number of halogens is 1. The number of fused-ring (bicyclic) bond motifs is 3. The molecule has 0 radical (unpaired) electrons. The number of rotatable bonds is 4. The Morgan fingerprint density at radius 3 is 2.50 bits per heavy atom. The van der Waals surface area contributed by atoms with Gasteiger partial charge in [0.05, 0.1) is 25.5 Å². The van der Waals surface area contributed by atoms with Crippen LogP contribution in [0.4, 0.5) is 10.3 Å². The van der Waals surface area contributed by atoms with Crippen molar-refractivity contribution in [3.8, 4) is 11.5 Å². The van der Waals surface area contributed by atoms with Gasteiger partial charge in [0.15, 0.2) is 0 Å². The van der Waals surface area contributed by atoms with Crippen LogP contribution in [-0.4, -0.2) is 35.0 Å². The summed E-state index contributed by atoms with van der Waals surface area (Å²) in [5.41, 5.74) is 4.58. The molecule has 0 bridgehead atoms. The fraction of sp³-hybridized carbons (Fsp3) is 0.148. The van der Waals surface area contributed by atoms with Crippen LogP contribution in [-0.2, 0) is 4.74 Å². The molecule has 9 heteroatoms. The molecular formula is C27H21FN4O4. The standard InChI is InChI=1S/C27H21FN4O4/c1-34-19-11-12-21-20(13-19)23-22(25(36-21)16-3-5-17(6-4-16)26(33)35-2)24(15-7-9-18(28)10-8-15)32-27(31-23)29-14-30-32/h3-14,24-25H,1-2H3,(H,29,30,31)/t24-,25-/m1/s1. The Morgan fingerprint density at radius 2 is 1.78 bits per heavy atom. The monoisotopic (exact) mass is 484 g/mol. The second-order valence-corrected chi connectivity index (χ2v) is 8.41. The van der Waals surface area contributed by atoms with Crippen molar-refractivity contribution in [2.24, 2.45) is 0 Å². The Morgan fingerprint density at radius 1 is 1.03 bits per heavy atom. The molecule has 0 amide bonds. The third kappa shape index (κ3) is 3.48. The van der Waals surface area contributed by atoms with Crippen molar-refractivity contribution in [1.82, 2.24) is 14.8 Å². The van der Waals surface area contributed by atoms with E-state index in [9.17, 15) is 9.18 Å². The van der Waals surface area contributed by atoms with Crippen LogP contribution in [0.2, 0.25) is 0 Å². The quantitative estimate of drug-likeness (QED) is 0.418. The Kier molecular flexibility index (Phi) is 5.18. The first kappa shape index (κ1) is 21.8. The van der Waals surface area contributed by atoms with Gasteiger partial charge in [-0.15, -0.1) is 0 Å². The van der Waals surface area contributed by atoms with E-state index >= 15 is 0 Å². The van der Waals surface area contributed by atoms with Crippen LogP contribution in [0.25, 0.3) is 5.70 Å². The van der Waals surface area contributed by atoms with E-state index in [2.05, 4.69) is 15.4 Å². The Balaban J connectivity index is 1.57. The zero-order valence-corrected chi connectivity index (χ0v) is 19.4. The predicted octanol–water partition coefficient (Wildman–Crippen LogP) is 4.77. The van der Waals surface area contributed by atoms with Gasteiger partial charge in [0, 0.05) is 11.1 Å². The van der Waals surface area contributed by atoms with Crippen molar-refractivity contribution in [3.05, 3.63) is 107 Å². The average molecular weight is 484 g/mol. The summed E-state index contributed by atoms with van der Waals surface area (Å²) in [6.45, 7) is 0. The van der Waals surface area contributed by atoms with Crippen molar-refractivity contribution in [2.45, 2.75) is 12.1 Å². The predicted molar refractivity (Wildman–Crippen MR) is 129 cm³/mol. The van der Waals surface area contributed by atoms with Gasteiger partial charge in [0.1, 0.15) is 35.8 Å². The van der Waals surface area contributed by atoms with Gasteiger partial charge in [-0.1, -0.05) is 24.3 Å². The molecule has 0 fully saturated rings. The lowest BCUT2D eigenvalue weighted by molar-refractivity contribution is 0.0600. The number of carbonyl (C=O) groups is 1. The first-order valence-electron chi connectivity index (χ1n) is 11.3. The highest BCUT2D eigenvalue weighted by Gasteiger charge is 2.41. The summed E-state index contributed by atoms with van der Waals surface area (Å²) in [5, 5.41) is 7.89. The van der Waals surface area contributed by atoms with Crippen LogP contribution in [0.5, 0.6) is 11.5 Å². The topological polar surface area (TPSA) is 87.5 Å². The van der Waals surface area contributed by atoms with Crippen molar-refractivity contribution in [1.29, 1.82) is 0 Å². The number of carbonyl (C=O) groups excluding carboxylic acids is 1. The lowest BCUT2D eigenvalue weighted by Crippen LogP contribution is -2.32. The number of anilines is 1. The van der Waals surface area contributed by atoms with E-state index in [4.69, 9.17) is 14.2 Å². The number of ether oxygens (including phenoxy) is 3. The molecule has 0 spiro atoms. The van der Waals surface area contributed by atoms with E-state index in [0.717, 1.165) is 28.0 Å². The maximum atomic E-state index is 13.8. The van der Waals surface area contributed by atoms with Gasteiger partial charge in [-0.2, -0.15) is 10.1 Å². The van der Waals surface area contributed by atoms with Crippen LogP contribution in [0, 0.1) is 5.82 Å². The molecule has 0 unspecified atom stereocenters. The van der Waals surface area contributed by atoms with Crippen LogP contribution < -0.4 is 14.8 Å².